The van der Waals surface area contributed by atoms with E-state index >= 15 is 0 Å². The fourth-order valence-electron chi connectivity index (χ4n) is 2.27. The number of aromatic hydroxyl groups is 1. The van der Waals surface area contributed by atoms with Gasteiger partial charge in [0.25, 0.3) is 0 Å². The van der Waals surface area contributed by atoms with Crippen LogP contribution in [0.25, 0.3) is 0 Å². The number of hydrogen-bond acceptors (Lipinski definition) is 3. The third kappa shape index (κ3) is 4.90. The molecular formula is C18H22N2O2. The Bertz CT molecular complexity index is 623. The van der Waals surface area contributed by atoms with Crippen molar-refractivity contribution in [1.29, 1.82) is 0 Å². The van der Waals surface area contributed by atoms with E-state index in [0.29, 0.717) is 23.9 Å². The van der Waals surface area contributed by atoms with Gasteiger partial charge in [-0.05, 0) is 55.2 Å². The van der Waals surface area contributed by atoms with Crippen LogP contribution in [0, 0.1) is 0 Å². The van der Waals surface area contributed by atoms with Gasteiger partial charge in [-0.25, -0.2) is 0 Å². The summed E-state index contributed by atoms with van der Waals surface area (Å²) < 4.78 is 0. The molecule has 0 aliphatic rings. The summed E-state index contributed by atoms with van der Waals surface area (Å²) in [6, 6.07) is 15.0. The number of nitrogens with two attached hydrogens (primary N) is 1. The first-order chi connectivity index (χ1) is 10.5. The van der Waals surface area contributed by atoms with Crippen molar-refractivity contribution in [2.45, 2.75) is 32.4 Å². The number of phenols is 1. The van der Waals surface area contributed by atoms with E-state index in [2.05, 4.69) is 12.2 Å². The number of carbonyl (C=O) groups excluding carboxylic acids is 1. The molecule has 22 heavy (non-hydrogen) atoms. The summed E-state index contributed by atoms with van der Waals surface area (Å²) in [6.07, 6.45) is 1.95. The number of primary amides is 1. The molecule has 0 aliphatic carbocycles. The molecule has 0 saturated heterocycles. The number of benzene rings is 2. The number of rotatable bonds is 7. The largest absolute Gasteiger partial charge is 0.508 e. The van der Waals surface area contributed by atoms with E-state index in [0.717, 1.165) is 18.4 Å². The summed E-state index contributed by atoms with van der Waals surface area (Å²) in [5, 5.41) is 12.7. The van der Waals surface area contributed by atoms with E-state index in [1.54, 1.807) is 18.2 Å². The van der Waals surface area contributed by atoms with Gasteiger partial charge in [-0.2, -0.15) is 0 Å². The molecule has 2 aromatic rings. The van der Waals surface area contributed by atoms with Crippen LogP contribution in [-0.4, -0.2) is 17.1 Å². The van der Waals surface area contributed by atoms with Crippen LogP contribution in [0.4, 0.5) is 0 Å². The molecule has 2 rings (SSSR count). The Hall–Kier alpha value is -2.33. The molecule has 0 spiro atoms. The number of nitrogens with one attached hydrogen (secondary N) is 1. The van der Waals surface area contributed by atoms with E-state index in [1.807, 2.05) is 30.3 Å². The van der Waals surface area contributed by atoms with Crippen LogP contribution in [0.2, 0.25) is 0 Å². The molecule has 0 heterocycles. The van der Waals surface area contributed by atoms with Crippen molar-refractivity contribution in [3.8, 4) is 5.75 Å². The molecule has 1 amide bonds. The van der Waals surface area contributed by atoms with Gasteiger partial charge in [-0.1, -0.05) is 24.3 Å². The second-order valence-corrected chi connectivity index (χ2v) is 5.55. The number of aryl methyl sites for hydroxylation is 1. The molecule has 1 atom stereocenters. The maximum Gasteiger partial charge on any atom is 0.248 e. The highest BCUT2D eigenvalue weighted by Gasteiger charge is 2.05. The molecule has 116 valence electrons. The lowest BCUT2D eigenvalue weighted by Crippen LogP contribution is -2.26. The summed E-state index contributed by atoms with van der Waals surface area (Å²) in [6.45, 7) is 2.84. The first-order valence-electron chi connectivity index (χ1n) is 7.44. The van der Waals surface area contributed by atoms with Crippen LogP contribution in [-0.2, 0) is 13.0 Å². The number of carbonyl (C=O) groups is 1. The van der Waals surface area contributed by atoms with Gasteiger partial charge in [0.1, 0.15) is 5.75 Å². The van der Waals surface area contributed by atoms with Gasteiger partial charge in [-0.15, -0.1) is 0 Å². The zero-order valence-corrected chi connectivity index (χ0v) is 12.8. The normalized spacial score (nSPS) is 12.0. The van der Waals surface area contributed by atoms with E-state index < -0.39 is 5.91 Å². The van der Waals surface area contributed by atoms with Crippen LogP contribution in [0.3, 0.4) is 0 Å². The second-order valence-electron chi connectivity index (χ2n) is 5.55. The molecule has 0 bridgehead atoms. The number of hydrogen-bond donors (Lipinski definition) is 3. The van der Waals surface area contributed by atoms with Gasteiger partial charge < -0.3 is 16.2 Å². The Morgan fingerprint density at radius 2 is 1.91 bits per heavy atom. The summed E-state index contributed by atoms with van der Waals surface area (Å²) in [5.74, 6) is -0.105. The lowest BCUT2D eigenvalue weighted by molar-refractivity contribution is 0.1000. The first-order valence-corrected chi connectivity index (χ1v) is 7.44. The van der Waals surface area contributed by atoms with Crippen molar-refractivity contribution in [3.05, 3.63) is 65.2 Å². The molecule has 0 saturated carbocycles. The van der Waals surface area contributed by atoms with Crippen LogP contribution in [0.1, 0.15) is 34.8 Å². The molecule has 1 unspecified atom stereocenters. The van der Waals surface area contributed by atoms with Crippen molar-refractivity contribution in [1.82, 2.24) is 5.32 Å². The van der Waals surface area contributed by atoms with Gasteiger partial charge in [0.05, 0.1) is 0 Å². The molecule has 0 aliphatic heterocycles. The van der Waals surface area contributed by atoms with Crippen molar-refractivity contribution in [2.75, 3.05) is 0 Å². The lowest BCUT2D eigenvalue weighted by Gasteiger charge is -2.14. The van der Waals surface area contributed by atoms with Crippen LogP contribution in [0.5, 0.6) is 5.75 Å². The average molecular weight is 298 g/mol. The fraction of sp³-hybridized carbons (Fsp3) is 0.278. The SMILES string of the molecule is CC(CCc1ccc(O)cc1)NCc1cccc(C(N)=O)c1. The van der Waals surface area contributed by atoms with Gasteiger partial charge in [0.2, 0.25) is 5.91 Å². The predicted octanol–water partition coefficient (Wildman–Crippen LogP) is 2.60. The van der Waals surface area contributed by atoms with Crippen molar-refractivity contribution in [3.63, 3.8) is 0 Å². The monoisotopic (exact) mass is 298 g/mol. The van der Waals surface area contributed by atoms with Gasteiger partial charge in [0, 0.05) is 18.2 Å². The standard InChI is InChI=1S/C18H22N2O2/c1-13(5-6-14-7-9-17(21)10-8-14)20-12-15-3-2-4-16(11-15)18(19)22/h2-4,7-11,13,20-21H,5-6,12H2,1H3,(H2,19,22). The summed E-state index contributed by atoms with van der Waals surface area (Å²) in [5.41, 5.74) is 8.08. The third-order valence-electron chi connectivity index (χ3n) is 3.67. The topological polar surface area (TPSA) is 75.3 Å². The van der Waals surface area contributed by atoms with Crippen molar-refractivity contribution < 1.29 is 9.90 Å². The van der Waals surface area contributed by atoms with E-state index in [1.165, 1.54) is 5.56 Å². The zero-order chi connectivity index (χ0) is 15.9. The fourth-order valence-corrected chi connectivity index (χ4v) is 2.27. The summed E-state index contributed by atoms with van der Waals surface area (Å²) in [7, 11) is 0. The minimum Gasteiger partial charge on any atom is -0.508 e. The Kier molecular flexibility index (Phi) is 5.55. The number of phenolic OH excluding ortho intramolecular Hbond substituents is 1. The molecule has 4 nitrogen and oxygen atoms in total. The Balaban J connectivity index is 1.80. The molecule has 0 aromatic heterocycles. The quantitative estimate of drug-likeness (QED) is 0.735. The zero-order valence-electron chi connectivity index (χ0n) is 12.8. The smallest absolute Gasteiger partial charge is 0.248 e. The van der Waals surface area contributed by atoms with Crippen molar-refractivity contribution >= 4 is 5.91 Å². The molecule has 0 radical (unpaired) electrons. The van der Waals surface area contributed by atoms with Crippen LogP contribution < -0.4 is 11.1 Å². The summed E-state index contributed by atoms with van der Waals surface area (Å²) >= 11 is 0. The molecule has 4 N–H and O–H groups in total. The van der Waals surface area contributed by atoms with E-state index in [-0.39, 0.29) is 0 Å². The van der Waals surface area contributed by atoms with E-state index in [4.69, 9.17) is 5.73 Å². The first kappa shape index (κ1) is 16.0. The average Bonchev–Trinajstić information content (AvgIpc) is 2.52. The maximum absolute atomic E-state index is 11.2. The van der Waals surface area contributed by atoms with Gasteiger partial charge in [0.15, 0.2) is 0 Å². The van der Waals surface area contributed by atoms with Crippen molar-refractivity contribution in [2.24, 2.45) is 5.73 Å². The molecular weight excluding hydrogens is 276 g/mol. The second kappa shape index (κ2) is 7.61. The highest BCUT2D eigenvalue weighted by atomic mass is 16.3. The highest BCUT2D eigenvalue weighted by Crippen LogP contribution is 2.12. The Labute approximate surface area is 131 Å². The molecule has 2 aromatic carbocycles. The highest BCUT2D eigenvalue weighted by molar-refractivity contribution is 5.92. The maximum atomic E-state index is 11.2. The molecule has 4 heteroatoms. The Morgan fingerprint density at radius 1 is 1.18 bits per heavy atom. The number of amides is 1. The predicted molar refractivity (Wildman–Crippen MR) is 87.7 cm³/mol. The lowest BCUT2D eigenvalue weighted by atomic mass is 10.1. The van der Waals surface area contributed by atoms with E-state index in [9.17, 15) is 9.90 Å². The third-order valence-corrected chi connectivity index (χ3v) is 3.67. The molecule has 0 fully saturated rings. The minimum atomic E-state index is -0.401. The van der Waals surface area contributed by atoms with Gasteiger partial charge >= 0.3 is 0 Å². The van der Waals surface area contributed by atoms with Crippen LogP contribution >= 0.6 is 0 Å². The Morgan fingerprint density at radius 3 is 2.59 bits per heavy atom. The summed E-state index contributed by atoms with van der Waals surface area (Å²) in [4.78, 5) is 11.2. The van der Waals surface area contributed by atoms with Crippen LogP contribution in [0.15, 0.2) is 48.5 Å². The van der Waals surface area contributed by atoms with Gasteiger partial charge in [-0.3, -0.25) is 4.79 Å². The minimum absolute atomic E-state index is 0.296.